The number of rotatable bonds is 9. The van der Waals surface area contributed by atoms with E-state index in [-0.39, 0.29) is 11.3 Å². The lowest BCUT2D eigenvalue weighted by molar-refractivity contribution is -0.127. The molecule has 2 rings (SSSR count). The summed E-state index contributed by atoms with van der Waals surface area (Å²) in [6.45, 7) is 11.3. The van der Waals surface area contributed by atoms with Gasteiger partial charge in [0.2, 0.25) is 0 Å². The topological polar surface area (TPSA) is 47.6 Å². The molecule has 2 aromatic rings. The van der Waals surface area contributed by atoms with Crippen molar-refractivity contribution in [1.29, 1.82) is 0 Å². The fourth-order valence-electron chi connectivity index (χ4n) is 2.82. The maximum atomic E-state index is 12.2. The van der Waals surface area contributed by atoms with Gasteiger partial charge in [0.1, 0.15) is 18.1 Å². The average molecular weight is 384 g/mol. The summed E-state index contributed by atoms with van der Waals surface area (Å²) >= 11 is 0. The first-order valence-electron chi connectivity index (χ1n) is 10.1. The van der Waals surface area contributed by atoms with Crippen LogP contribution in [0.15, 0.2) is 48.5 Å². The van der Waals surface area contributed by atoms with E-state index in [0.29, 0.717) is 18.9 Å². The number of carbonyl (C=O) groups excluding carboxylic acids is 1. The molecular formula is C24H33NO3. The molecule has 28 heavy (non-hydrogen) atoms. The van der Waals surface area contributed by atoms with Gasteiger partial charge in [0.05, 0.1) is 6.54 Å². The Hall–Kier alpha value is -2.49. The van der Waals surface area contributed by atoms with Gasteiger partial charge >= 0.3 is 0 Å². The standard InChI is InChI=1S/C24H33NO3/c1-6-7-19-8-12-21(13-9-19)27-17-16-25-23(26)18(2)28-22-14-10-20(11-15-22)24(3,4)5/h8-15,18H,6-7,16-17H2,1-5H3,(H,25,26). The van der Waals surface area contributed by atoms with Gasteiger partial charge in [0, 0.05) is 0 Å². The molecule has 0 saturated carbocycles. The van der Waals surface area contributed by atoms with Crippen molar-refractivity contribution in [2.45, 2.75) is 59.0 Å². The summed E-state index contributed by atoms with van der Waals surface area (Å²) in [6.07, 6.45) is 1.65. The summed E-state index contributed by atoms with van der Waals surface area (Å²) in [5.41, 5.74) is 2.64. The lowest BCUT2D eigenvalue weighted by Crippen LogP contribution is -2.38. The third-order valence-corrected chi connectivity index (χ3v) is 4.53. The second-order valence-corrected chi connectivity index (χ2v) is 8.07. The molecule has 0 saturated heterocycles. The normalized spacial score (nSPS) is 12.3. The first-order valence-corrected chi connectivity index (χ1v) is 10.1. The zero-order valence-corrected chi connectivity index (χ0v) is 17.7. The number of hydrogen-bond acceptors (Lipinski definition) is 3. The molecule has 0 aromatic heterocycles. The van der Waals surface area contributed by atoms with Gasteiger partial charge in [-0.3, -0.25) is 4.79 Å². The molecule has 1 N–H and O–H groups in total. The minimum absolute atomic E-state index is 0.0951. The van der Waals surface area contributed by atoms with E-state index in [1.165, 1.54) is 11.1 Å². The summed E-state index contributed by atoms with van der Waals surface area (Å²) in [5.74, 6) is 1.36. The van der Waals surface area contributed by atoms with Gasteiger partial charge in [-0.15, -0.1) is 0 Å². The number of amides is 1. The fraction of sp³-hybridized carbons (Fsp3) is 0.458. The Bertz CT molecular complexity index is 730. The van der Waals surface area contributed by atoms with Gasteiger partial charge in [0.25, 0.3) is 5.91 Å². The summed E-state index contributed by atoms with van der Waals surface area (Å²) in [6, 6.07) is 16.0. The van der Waals surface area contributed by atoms with Crippen LogP contribution in [0.2, 0.25) is 0 Å². The minimum Gasteiger partial charge on any atom is -0.492 e. The smallest absolute Gasteiger partial charge is 0.260 e. The molecule has 0 heterocycles. The predicted octanol–water partition coefficient (Wildman–Crippen LogP) is 4.90. The van der Waals surface area contributed by atoms with E-state index in [0.717, 1.165) is 18.6 Å². The van der Waals surface area contributed by atoms with Crippen LogP contribution in [0.4, 0.5) is 0 Å². The van der Waals surface area contributed by atoms with Crippen molar-refractivity contribution in [3.63, 3.8) is 0 Å². The van der Waals surface area contributed by atoms with E-state index in [1.54, 1.807) is 6.92 Å². The molecular weight excluding hydrogens is 350 g/mol. The Morgan fingerprint density at radius 2 is 1.61 bits per heavy atom. The van der Waals surface area contributed by atoms with Crippen LogP contribution in [0.3, 0.4) is 0 Å². The van der Waals surface area contributed by atoms with E-state index in [9.17, 15) is 4.79 Å². The Kier molecular flexibility index (Phi) is 7.91. The summed E-state index contributed by atoms with van der Waals surface area (Å²) in [7, 11) is 0. The molecule has 2 aromatic carbocycles. The molecule has 0 radical (unpaired) electrons. The predicted molar refractivity (Wildman–Crippen MR) is 114 cm³/mol. The van der Waals surface area contributed by atoms with Crippen molar-refractivity contribution in [3.05, 3.63) is 59.7 Å². The van der Waals surface area contributed by atoms with Crippen LogP contribution >= 0.6 is 0 Å². The molecule has 1 unspecified atom stereocenters. The van der Waals surface area contributed by atoms with Crippen LogP contribution in [0.5, 0.6) is 11.5 Å². The minimum atomic E-state index is -0.561. The van der Waals surface area contributed by atoms with Crippen LogP contribution in [0.25, 0.3) is 0 Å². The Labute approximate surface area is 169 Å². The van der Waals surface area contributed by atoms with Crippen molar-refractivity contribution in [1.82, 2.24) is 5.32 Å². The van der Waals surface area contributed by atoms with Gasteiger partial charge < -0.3 is 14.8 Å². The fourth-order valence-corrected chi connectivity index (χ4v) is 2.82. The second kappa shape index (κ2) is 10.2. The monoisotopic (exact) mass is 383 g/mol. The first kappa shape index (κ1) is 21.8. The second-order valence-electron chi connectivity index (χ2n) is 8.07. The molecule has 0 spiro atoms. The van der Waals surface area contributed by atoms with Gasteiger partial charge in [-0.05, 0) is 54.2 Å². The lowest BCUT2D eigenvalue weighted by Gasteiger charge is -2.20. The van der Waals surface area contributed by atoms with E-state index in [2.05, 4.69) is 45.1 Å². The van der Waals surface area contributed by atoms with Crippen molar-refractivity contribution in [2.75, 3.05) is 13.2 Å². The highest BCUT2D eigenvalue weighted by Crippen LogP contribution is 2.24. The van der Waals surface area contributed by atoms with E-state index < -0.39 is 6.10 Å². The van der Waals surface area contributed by atoms with Crippen LogP contribution in [-0.4, -0.2) is 25.2 Å². The Morgan fingerprint density at radius 3 is 2.18 bits per heavy atom. The van der Waals surface area contributed by atoms with E-state index in [1.807, 2.05) is 36.4 Å². The number of carbonyl (C=O) groups is 1. The maximum absolute atomic E-state index is 12.2. The SMILES string of the molecule is CCCc1ccc(OCCNC(=O)C(C)Oc2ccc(C(C)(C)C)cc2)cc1. The van der Waals surface area contributed by atoms with Gasteiger partial charge in [0.15, 0.2) is 6.10 Å². The Balaban J connectivity index is 1.72. The number of hydrogen-bond donors (Lipinski definition) is 1. The Morgan fingerprint density at radius 1 is 1.00 bits per heavy atom. The molecule has 0 bridgehead atoms. The third-order valence-electron chi connectivity index (χ3n) is 4.53. The maximum Gasteiger partial charge on any atom is 0.260 e. The molecule has 1 atom stereocenters. The molecule has 0 aliphatic carbocycles. The van der Waals surface area contributed by atoms with Crippen LogP contribution in [-0.2, 0) is 16.6 Å². The first-order chi connectivity index (χ1) is 13.3. The quantitative estimate of drug-likeness (QED) is 0.627. The largest absolute Gasteiger partial charge is 0.492 e. The highest BCUT2D eigenvalue weighted by atomic mass is 16.5. The van der Waals surface area contributed by atoms with Crippen molar-refractivity contribution in [2.24, 2.45) is 0 Å². The highest BCUT2D eigenvalue weighted by molar-refractivity contribution is 5.80. The molecule has 152 valence electrons. The molecule has 0 aliphatic rings. The summed E-state index contributed by atoms with van der Waals surface area (Å²) in [4.78, 5) is 12.2. The van der Waals surface area contributed by atoms with Gasteiger partial charge in [-0.1, -0.05) is 58.4 Å². The molecule has 4 heteroatoms. The number of ether oxygens (including phenoxy) is 2. The van der Waals surface area contributed by atoms with E-state index in [4.69, 9.17) is 9.47 Å². The third kappa shape index (κ3) is 6.91. The average Bonchev–Trinajstić information content (AvgIpc) is 2.66. The van der Waals surface area contributed by atoms with Crippen molar-refractivity contribution < 1.29 is 14.3 Å². The number of benzene rings is 2. The van der Waals surface area contributed by atoms with Crippen molar-refractivity contribution >= 4 is 5.91 Å². The van der Waals surface area contributed by atoms with Crippen LogP contribution in [0, 0.1) is 0 Å². The highest BCUT2D eigenvalue weighted by Gasteiger charge is 2.16. The van der Waals surface area contributed by atoms with Gasteiger partial charge in [-0.25, -0.2) is 0 Å². The summed E-state index contributed by atoms with van der Waals surface area (Å²) < 4.78 is 11.4. The van der Waals surface area contributed by atoms with Gasteiger partial charge in [-0.2, -0.15) is 0 Å². The molecule has 0 aliphatic heterocycles. The van der Waals surface area contributed by atoms with Crippen LogP contribution in [0.1, 0.15) is 52.2 Å². The van der Waals surface area contributed by atoms with Crippen molar-refractivity contribution in [3.8, 4) is 11.5 Å². The lowest BCUT2D eigenvalue weighted by atomic mass is 9.87. The zero-order valence-electron chi connectivity index (χ0n) is 17.7. The molecule has 4 nitrogen and oxygen atoms in total. The molecule has 1 amide bonds. The number of aryl methyl sites for hydroxylation is 1. The van der Waals surface area contributed by atoms with Crippen LogP contribution < -0.4 is 14.8 Å². The molecule has 0 fully saturated rings. The summed E-state index contributed by atoms with van der Waals surface area (Å²) in [5, 5.41) is 2.85. The number of nitrogens with one attached hydrogen (secondary N) is 1. The van der Waals surface area contributed by atoms with E-state index >= 15 is 0 Å². The zero-order chi connectivity index (χ0) is 20.6.